The lowest BCUT2D eigenvalue weighted by molar-refractivity contribution is 0.388. The van der Waals surface area contributed by atoms with Gasteiger partial charge in [0.1, 0.15) is 5.75 Å². The molecule has 2 aromatic rings. The SMILES string of the molecule is Nc1ccc(OS(=O)(=O)O)c2cccc(O)c12. The van der Waals surface area contributed by atoms with E-state index in [1.54, 1.807) is 0 Å². The summed E-state index contributed by atoms with van der Waals surface area (Å²) in [6, 6.07) is 7.11. The van der Waals surface area contributed by atoms with Crippen molar-refractivity contribution < 1.29 is 22.3 Å². The van der Waals surface area contributed by atoms with E-state index in [1.165, 1.54) is 30.3 Å². The first kappa shape index (κ1) is 11.5. The number of fused-ring (bicyclic) bond motifs is 1. The van der Waals surface area contributed by atoms with Gasteiger partial charge in [-0.05, 0) is 18.2 Å². The van der Waals surface area contributed by atoms with Crippen molar-refractivity contribution in [2.75, 3.05) is 5.73 Å². The first-order chi connectivity index (χ1) is 7.88. The lowest BCUT2D eigenvalue weighted by atomic mass is 10.1. The highest BCUT2D eigenvalue weighted by molar-refractivity contribution is 7.81. The second-order valence-electron chi connectivity index (χ2n) is 3.36. The zero-order valence-electron chi connectivity index (χ0n) is 8.49. The van der Waals surface area contributed by atoms with Crippen molar-refractivity contribution >= 4 is 26.9 Å². The van der Waals surface area contributed by atoms with Crippen LogP contribution in [0, 0.1) is 0 Å². The second kappa shape index (κ2) is 3.79. The van der Waals surface area contributed by atoms with Gasteiger partial charge in [-0.1, -0.05) is 12.1 Å². The fraction of sp³-hybridized carbons (Fsp3) is 0. The minimum Gasteiger partial charge on any atom is -0.507 e. The van der Waals surface area contributed by atoms with Crippen LogP contribution in [0.25, 0.3) is 10.8 Å². The van der Waals surface area contributed by atoms with Crippen molar-refractivity contribution in [2.24, 2.45) is 0 Å². The number of nitrogens with two attached hydrogens (primary N) is 1. The molecule has 90 valence electrons. The van der Waals surface area contributed by atoms with Crippen LogP contribution in [-0.2, 0) is 10.4 Å². The van der Waals surface area contributed by atoms with E-state index in [2.05, 4.69) is 4.18 Å². The average molecular weight is 255 g/mol. The zero-order valence-corrected chi connectivity index (χ0v) is 9.31. The molecule has 0 aromatic heterocycles. The summed E-state index contributed by atoms with van der Waals surface area (Å²) in [6.45, 7) is 0. The monoisotopic (exact) mass is 255 g/mol. The number of aromatic hydroxyl groups is 1. The molecule has 0 heterocycles. The van der Waals surface area contributed by atoms with Crippen LogP contribution in [0.5, 0.6) is 11.5 Å². The van der Waals surface area contributed by atoms with Crippen LogP contribution in [0.1, 0.15) is 0 Å². The minimum atomic E-state index is -4.62. The Morgan fingerprint density at radius 3 is 2.53 bits per heavy atom. The van der Waals surface area contributed by atoms with Gasteiger partial charge in [0.15, 0.2) is 5.75 Å². The minimum absolute atomic E-state index is 0.0965. The van der Waals surface area contributed by atoms with Gasteiger partial charge in [0.2, 0.25) is 0 Å². The molecule has 0 amide bonds. The Balaban J connectivity index is 2.75. The Hall–Kier alpha value is -1.99. The first-order valence-electron chi connectivity index (χ1n) is 4.55. The summed E-state index contributed by atoms with van der Waals surface area (Å²) < 4.78 is 34.3. The van der Waals surface area contributed by atoms with Crippen LogP contribution in [0.15, 0.2) is 30.3 Å². The van der Waals surface area contributed by atoms with Gasteiger partial charge in [-0.15, -0.1) is 0 Å². The Kier molecular flexibility index (Phi) is 2.56. The van der Waals surface area contributed by atoms with Gasteiger partial charge in [-0.2, -0.15) is 8.42 Å². The van der Waals surface area contributed by atoms with E-state index < -0.39 is 10.4 Å². The molecule has 0 aliphatic rings. The third-order valence-electron chi connectivity index (χ3n) is 2.21. The van der Waals surface area contributed by atoms with Crippen LogP contribution in [0.4, 0.5) is 5.69 Å². The summed E-state index contributed by atoms with van der Waals surface area (Å²) in [7, 11) is -4.62. The summed E-state index contributed by atoms with van der Waals surface area (Å²) in [5.41, 5.74) is 5.94. The van der Waals surface area contributed by atoms with Crippen LogP contribution >= 0.6 is 0 Å². The van der Waals surface area contributed by atoms with E-state index in [1.807, 2.05) is 0 Å². The van der Waals surface area contributed by atoms with Gasteiger partial charge in [-0.3, -0.25) is 4.55 Å². The molecule has 0 aliphatic heterocycles. The molecule has 0 aliphatic carbocycles. The van der Waals surface area contributed by atoms with Crippen molar-refractivity contribution in [2.45, 2.75) is 0 Å². The van der Waals surface area contributed by atoms with E-state index in [-0.39, 0.29) is 22.6 Å². The summed E-state index contributed by atoms with van der Waals surface area (Å²) in [6.07, 6.45) is 0. The quantitative estimate of drug-likeness (QED) is 0.551. The summed E-state index contributed by atoms with van der Waals surface area (Å²) in [5, 5.41) is 10.2. The van der Waals surface area contributed by atoms with Crippen molar-refractivity contribution in [3.8, 4) is 11.5 Å². The van der Waals surface area contributed by atoms with E-state index in [0.29, 0.717) is 5.39 Å². The molecule has 0 spiro atoms. The number of anilines is 1. The van der Waals surface area contributed by atoms with Crippen molar-refractivity contribution in [1.82, 2.24) is 0 Å². The fourth-order valence-electron chi connectivity index (χ4n) is 1.57. The van der Waals surface area contributed by atoms with E-state index in [0.717, 1.165) is 0 Å². The van der Waals surface area contributed by atoms with Crippen molar-refractivity contribution in [3.05, 3.63) is 30.3 Å². The third-order valence-corrected chi connectivity index (χ3v) is 2.60. The molecule has 2 rings (SSSR count). The van der Waals surface area contributed by atoms with Crippen LogP contribution in [0.3, 0.4) is 0 Å². The number of nitrogen functional groups attached to an aromatic ring is 1. The Bertz CT molecular complexity index is 672. The fourth-order valence-corrected chi connectivity index (χ4v) is 1.95. The first-order valence-corrected chi connectivity index (χ1v) is 5.92. The lowest BCUT2D eigenvalue weighted by Gasteiger charge is -2.09. The third kappa shape index (κ3) is 2.24. The van der Waals surface area contributed by atoms with Crippen molar-refractivity contribution in [1.29, 1.82) is 0 Å². The molecule has 0 bridgehead atoms. The molecule has 7 heteroatoms. The molecule has 0 fully saturated rings. The molecular formula is C10H9NO5S. The summed E-state index contributed by atoms with van der Waals surface area (Å²) in [4.78, 5) is 0. The molecule has 0 saturated heterocycles. The lowest BCUT2D eigenvalue weighted by Crippen LogP contribution is -2.07. The maximum absolute atomic E-state index is 10.7. The number of phenolic OH excluding ortho intramolecular Hbond substituents is 1. The predicted octanol–water partition coefficient (Wildman–Crippen LogP) is 1.31. The standard InChI is InChI=1S/C10H9NO5S/c11-7-4-5-9(16-17(13,14)15)6-2-1-3-8(12)10(6)7/h1-5,12H,11H2,(H,13,14,15). The average Bonchev–Trinajstić information content (AvgIpc) is 2.20. The van der Waals surface area contributed by atoms with Gasteiger partial charge in [0, 0.05) is 11.1 Å². The highest BCUT2D eigenvalue weighted by atomic mass is 32.3. The highest BCUT2D eigenvalue weighted by Crippen LogP contribution is 2.36. The molecular weight excluding hydrogens is 246 g/mol. The van der Waals surface area contributed by atoms with Crippen LogP contribution < -0.4 is 9.92 Å². The molecule has 17 heavy (non-hydrogen) atoms. The zero-order chi connectivity index (χ0) is 12.6. The smallest absolute Gasteiger partial charge is 0.446 e. The van der Waals surface area contributed by atoms with E-state index in [4.69, 9.17) is 10.3 Å². The summed E-state index contributed by atoms with van der Waals surface area (Å²) >= 11 is 0. The molecule has 0 unspecified atom stereocenters. The molecule has 0 atom stereocenters. The van der Waals surface area contributed by atoms with E-state index >= 15 is 0 Å². The maximum Gasteiger partial charge on any atom is 0.446 e. The number of rotatable bonds is 2. The van der Waals surface area contributed by atoms with Gasteiger partial charge >= 0.3 is 10.4 Å². The highest BCUT2D eigenvalue weighted by Gasteiger charge is 2.13. The maximum atomic E-state index is 10.7. The number of hydrogen-bond donors (Lipinski definition) is 3. The Morgan fingerprint density at radius 1 is 1.18 bits per heavy atom. The van der Waals surface area contributed by atoms with Gasteiger partial charge in [-0.25, -0.2) is 0 Å². The predicted molar refractivity (Wildman–Crippen MR) is 62.2 cm³/mol. The molecule has 6 nitrogen and oxygen atoms in total. The topological polar surface area (TPSA) is 110 Å². The van der Waals surface area contributed by atoms with Gasteiger partial charge in [0.05, 0.1) is 5.39 Å². The largest absolute Gasteiger partial charge is 0.507 e. The van der Waals surface area contributed by atoms with Gasteiger partial charge in [0.25, 0.3) is 0 Å². The number of hydrogen-bond acceptors (Lipinski definition) is 5. The Labute approximate surface area is 97.2 Å². The number of phenols is 1. The van der Waals surface area contributed by atoms with Gasteiger partial charge < -0.3 is 15.0 Å². The van der Waals surface area contributed by atoms with E-state index in [9.17, 15) is 13.5 Å². The Morgan fingerprint density at radius 2 is 1.88 bits per heavy atom. The molecule has 0 radical (unpaired) electrons. The summed E-state index contributed by atoms with van der Waals surface area (Å²) in [5.74, 6) is -0.201. The number of benzene rings is 2. The van der Waals surface area contributed by atoms with Crippen LogP contribution in [-0.4, -0.2) is 18.1 Å². The molecule has 4 N–H and O–H groups in total. The second-order valence-corrected chi connectivity index (χ2v) is 4.39. The van der Waals surface area contributed by atoms with Crippen molar-refractivity contribution in [3.63, 3.8) is 0 Å². The molecule has 2 aromatic carbocycles. The normalized spacial score (nSPS) is 11.6. The van der Waals surface area contributed by atoms with Crippen LogP contribution in [0.2, 0.25) is 0 Å². The molecule has 0 saturated carbocycles.